The van der Waals surface area contributed by atoms with Crippen LogP contribution in [0.4, 0.5) is 0 Å². The Bertz CT molecular complexity index is 318. The summed E-state index contributed by atoms with van der Waals surface area (Å²) in [5, 5.41) is 0. The molecular weight excluding hydrogens is 250 g/mol. The molecule has 0 unspecified atom stereocenters. The quantitative estimate of drug-likeness (QED) is 0.767. The van der Waals surface area contributed by atoms with Gasteiger partial charge in [-0.05, 0) is 38.9 Å². The average molecular weight is 281 g/mol. The maximum Gasteiger partial charge on any atom is 0.222 e. The van der Waals surface area contributed by atoms with Crippen molar-refractivity contribution in [2.45, 2.75) is 52.1 Å². The zero-order valence-corrected chi connectivity index (χ0v) is 13.6. The predicted molar refractivity (Wildman–Crippen MR) is 82.7 cm³/mol. The van der Waals surface area contributed by atoms with Crippen LogP contribution in [0.1, 0.15) is 40.0 Å². The minimum atomic E-state index is 0.314. The number of hydrogen-bond donors (Lipinski definition) is 0. The minimum Gasteiger partial charge on any atom is -0.339 e. The third kappa shape index (κ3) is 3.73. The molecule has 2 rings (SSSR count). The highest BCUT2D eigenvalue weighted by Gasteiger charge is 2.37. The van der Waals surface area contributed by atoms with E-state index in [1.165, 1.54) is 32.5 Å². The van der Waals surface area contributed by atoms with Crippen molar-refractivity contribution in [1.82, 2.24) is 14.7 Å². The SMILES string of the molecule is CCC(=O)N1CC(N(CC(C)C)C2CCN(C)CC2)C1. The van der Waals surface area contributed by atoms with Gasteiger partial charge in [0.25, 0.3) is 0 Å². The highest BCUT2D eigenvalue weighted by molar-refractivity contribution is 5.76. The molecule has 0 aromatic carbocycles. The molecular formula is C16H31N3O. The van der Waals surface area contributed by atoms with Crippen molar-refractivity contribution in [3.8, 4) is 0 Å². The lowest BCUT2D eigenvalue weighted by atomic mass is 9.96. The van der Waals surface area contributed by atoms with E-state index in [4.69, 9.17) is 0 Å². The summed E-state index contributed by atoms with van der Waals surface area (Å²) in [5.41, 5.74) is 0. The van der Waals surface area contributed by atoms with Crippen LogP contribution in [-0.4, -0.2) is 72.5 Å². The maximum absolute atomic E-state index is 11.7. The number of nitrogens with zero attached hydrogens (tertiary/aromatic N) is 3. The molecule has 2 fully saturated rings. The number of amides is 1. The van der Waals surface area contributed by atoms with Crippen molar-refractivity contribution >= 4 is 5.91 Å². The van der Waals surface area contributed by atoms with E-state index in [0.717, 1.165) is 19.1 Å². The summed E-state index contributed by atoms with van der Waals surface area (Å²) in [7, 11) is 2.22. The topological polar surface area (TPSA) is 26.8 Å². The maximum atomic E-state index is 11.7. The van der Waals surface area contributed by atoms with Gasteiger partial charge in [0.15, 0.2) is 0 Å². The number of carbonyl (C=O) groups is 1. The largest absolute Gasteiger partial charge is 0.339 e. The van der Waals surface area contributed by atoms with E-state index in [-0.39, 0.29) is 0 Å². The fourth-order valence-corrected chi connectivity index (χ4v) is 3.44. The Balaban J connectivity index is 1.90. The lowest BCUT2D eigenvalue weighted by molar-refractivity contribution is -0.139. The van der Waals surface area contributed by atoms with Gasteiger partial charge in [-0.3, -0.25) is 9.69 Å². The summed E-state index contributed by atoms with van der Waals surface area (Å²) in [5.74, 6) is 1.01. The Kier molecular flexibility index (Phi) is 5.44. The molecule has 1 amide bonds. The average Bonchev–Trinajstić information content (AvgIpc) is 2.36. The van der Waals surface area contributed by atoms with E-state index < -0.39 is 0 Å². The van der Waals surface area contributed by atoms with Crippen molar-refractivity contribution in [2.75, 3.05) is 39.8 Å². The molecule has 0 N–H and O–H groups in total. The van der Waals surface area contributed by atoms with Crippen LogP contribution in [-0.2, 0) is 4.79 Å². The van der Waals surface area contributed by atoms with Gasteiger partial charge >= 0.3 is 0 Å². The molecule has 0 spiro atoms. The lowest BCUT2D eigenvalue weighted by Crippen LogP contribution is -2.64. The van der Waals surface area contributed by atoms with Crippen molar-refractivity contribution < 1.29 is 4.79 Å². The first kappa shape index (κ1) is 15.8. The lowest BCUT2D eigenvalue weighted by Gasteiger charge is -2.50. The predicted octanol–water partition coefficient (Wildman–Crippen LogP) is 1.66. The Hall–Kier alpha value is -0.610. The van der Waals surface area contributed by atoms with E-state index in [1.54, 1.807) is 0 Å². The second kappa shape index (κ2) is 6.90. The Morgan fingerprint density at radius 3 is 2.30 bits per heavy atom. The highest BCUT2D eigenvalue weighted by Crippen LogP contribution is 2.25. The molecule has 0 radical (unpaired) electrons. The van der Waals surface area contributed by atoms with Crippen LogP contribution in [0.15, 0.2) is 0 Å². The molecule has 4 nitrogen and oxygen atoms in total. The molecule has 0 atom stereocenters. The van der Waals surface area contributed by atoms with Crippen molar-refractivity contribution in [3.05, 3.63) is 0 Å². The molecule has 0 aromatic heterocycles. The first-order valence-electron chi connectivity index (χ1n) is 8.23. The first-order chi connectivity index (χ1) is 9.51. The van der Waals surface area contributed by atoms with Crippen molar-refractivity contribution in [1.29, 1.82) is 0 Å². The number of rotatable bonds is 5. The zero-order chi connectivity index (χ0) is 14.7. The Morgan fingerprint density at radius 2 is 1.80 bits per heavy atom. The standard InChI is InChI=1S/C16H31N3O/c1-5-16(20)18-11-15(12-18)19(10-13(2)3)14-6-8-17(4)9-7-14/h13-15H,5-12H2,1-4H3. The second-order valence-electron chi connectivity index (χ2n) is 6.93. The minimum absolute atomic E-state index is 0.314. The molecule has 2 saturated heterocycles. The number of hydrogen-bond acceptors (Lipinski definition) is 3. The third-order valence-electron chi connectivity index (χ3n) is 4.72. The van der Waals surface area contributed by atoms with Crippen LogP contribution < -0.4 is 0 Å². The Labute approximate surface area is 124 Å². The molecule has 4 heteroatoms. The van der Waals surface area contributed by atoms with Crippen LogP contribution in [0.5, 0.6) is 0 Å². The van der Waals surface area contributed by atoms with E-state index >= 15 is 0 Å². The molecule has 0 aliphatic carbocycles. The first-order valence-corrected chi connectivity index (χ1v) is 8.23. The van der Waals surface area contributed by atoms with Crippen LogP contribution in [0.2, 0.25) is 0 Å². The summed E-state index contributed by atoms with van der Waals surface area (Å²) in [4.78, 5) is 18.9. The smallest absolute Gasteiger partial charge is 0.222 e. The van der Waals surface area contributed by atoms with Gasteiger partial charge in [0.1, 0.15) is 0 Å². The van der Waals surface area contributed by atoms with Crippen LogP contribution >= 0.6 is 0 Å². The molecule has 116 valence electrons. The second-order valence-corrected chi connectivity index (χ2v) is 6.93. The number of piperidine rings is 1. The van der Waals surface area contributed by atoms with Gasteiger partial charge in [0, 0.05) is 38.1 Å². The van der Waals surface area contributed by atoms with Gasteiger partial charge in [0.2, 0.25) is 5.91 Å². The van der Waals surface area contributed by atoms with Crippen LogP contribution in [0, 0.1) is 5.92 Å². The van der Waals surface area contributed by atoms with Gasteiger partial charge in [-0.25, -0.2) is 0 Å². The fourth-order valence-electron chi connectivity index (χ4n) is 3.44. The summed E-state index contributed by atoms with van der Waals surface area (Å²) >= 11 is 0. The van der Waals surface area contributed by atoms with E-state index in [0.29, 0.717) is 24.3 Å². The normalized spacial score (nSPS) is 22.6. The van der Waals surface area contributed by atoms with Gasteiger partial charge < -0.3 is 9.80 Å². The molecule has 0 bridgehead atoms. The van der Waals surface area contributed by atoms with Gasteiger partial charge in [0.05, 0.1) is 0 Å². The number of carbonyl (C=O) groups excluding carboxylic acids is 1. The van der Waals surface area contributed by atoms with Crippen LogP contribution in [0.25, 0.3) is 0 Å². The summed E-state index contributed by atoms with van der Waals surface area (Å²) in [6.07, 6.45) is 3.20. The summed E-state index contributed by atoms with van der Waals surface area (Å²) in [6, 6.07) is 1.32. The van der Waals surface area contributed by atoms with E-state index in [2.05, 4.69) is 30.7 Å². The van der Waals surface area contributed by atoms with Crippen LogP contribution in [0.3, 0.4) is 0 Å². The fraction of sp³-hybridized carbons (Fsp3) is 0.938. The summed E-state index contributed by atoms with van der Waals surface area (Å²) in [6.45, 7) is 12.1. The van der Waals surface area contributed by atoms with Gasteiger partial charge in [-0.1, -0.05) is 20.8 Å². The molecule has 0 aromatic rings. The zero-order valence-electron chi connectivity index (χ0n) is 13.6. The third-order valence-corrected chi connectivity index (χ3v) is 4.72. The summed E-state index contributed by atoms with van der Waals surface area (Å²) < 4.78 is 0. The molecule has 2 heterocycles. The Morgan fingerprint density at radius 1 is 1.20 bits per heavy atom. The molecule has 2 aliphatic rings. The monoisotopic (exact) mass is 281 g/mol. The molecule has 2 aliphatic heterocycles. The van der Waals surface area contributed by atoms with E-state index in [9.17, 15) is 4.79 Å². The van der Waals surface area contributed by atoms with Crippen molar-refractivity contribution in [2.24, 2.45) is 5.92 Å². The highest BCUT2D eigenvalue weighted by atomic mass is 16.2. The number of likely N-dealkylation sites (tertiary alicyclic amines) is 2. The van der Waals surface area contributed by atoms with Gasteiger partial charge in [-0.2, -0.15) is 0 Å². The molecule has 20 heavy (non-hydrogen) atoms. The van der Waals surface area contributed by atoms with Gasteiger partial charge in [-0.15, -0.1) is 0 Å². The van der Waals surface area contributed by atoms with Crippen molar-refractivity contribution in [3.63, 3.8) is 0 Å². The molecule has 0 saturated carbocycles. The van der Waals surface area contributed by atoms with E-state index in [1.807, 2.05) is 11.8 Å².